The van der Waals surface area contributed by atoms with Gasteiger partial charge in [-0.1, -0.05) is 53.2 Å². The second-order valence-electron chi connectivity index (χ2n) is 15.2. The van der Waals surface area contributed by atoms with Crippen LogP contribution in [0.2, 0.25) is 0 Å². The average Bonchev–Trinajstić information content (AvgIpc) is 2.84. The van der Waals surface area contributed by atoms with Crippen molar-refractivity contribution in [3.63, 3.8) is 0 Å². The van der Waals surface area contributed by atoms with E-state index < -0.39 is 29.1 Å². The molecule has 210 valence electrons. The molecule has 0 heterocycles. The molecule has 4 saturated carbocycles. The van der Waals surface area contributed by atoms with Gasteiger partial charge in [-0.25, -0.2) is 0 Å². The Morgan fingerprint density at radius 2 is 1.59 bits per heavy atom. The number of fused-ring (bicyclic) bond motifs is 7. The summed E-state index contributed by atoms with van der Waals surface area (Å²) in [5.41, 5.74) is -0.993. The van der Waals surface area contributed by atoms with E-state index in [0.29, 0.717) is 12.8 Å². The standard InChI is InChI=1S/C31H50O6/c1-26(2)12-14-31(25(36)37-7)15-13-29(5)18(22(31)24(26)35)8-9-21-27(3)16-19(33)23(34)28(4,17-32)20(27)10-11-30(21,29)6/h8,19-24,32-35H,9-17H2,1-7H3/t19-,20-,21-,22-,23+,24+,27+,28+,29-,30-,31+/m1/s1. The zero-order valence-corrected chi connectivity index (χ0v) is 24.0. The maximum absolute atomic E-state index is 13.4. The van der Waals surface area contributed by atoms with Gasteiger partial charge in [0, 0.05) is 11.3 Å². The van der Waals surface area contributed by atoms with Crippen molar-refractivity contribution in [2.45, 2.75) is 111 Å². The minimum atomic E-state index is -0.930. The second-order valence-corrected chi connectivity index (χ2v) is 15.2. The van der Waals surface area contributed by atoms with Gasteiger partial charge in [-0.3, -0.25) is 4.79 Å². The summed E-state index contributed by atoms with van der Waals surface area (Å²) in [5.74, 6) is -0.0647. The third-order valence-corrected chi connectivity index (χ3v) is 13.5. The van der Waals surface area contributed by atoms with E-state index in [9.17, 15) is 25.2 Å². The second kappa shape index (κ2) is 8.28. The van der Waals surface area contributed by atoms with Crippen LogP contribution in [-0.4, -0.2) is 58.4 Å². The van der Waals surface area contributed by atoms with Crippen LogP contribution in [0.25, 0.3) is 0 Å². The monoisotopic (exact) mass is 518 g/mol. The number of carbonyl (C=O) groups excluding carboxylic acids is 1. The van der Waals surface area contributed by atoms with Gasteiger partial charge in [0.05, 0.1) is 37.4 Å². The van der Waals surface area contributed by atoms with E-state index in [0.717, 1.165) is 38.5 Å². The lowest BCUT2D eigenvalue weighted by atomic mass is 9.33. The highest BCUT2D eigenvalue weighted by molar-refractivity contribution is 5.79. The first kappa shape index (κ1) is 27.6. The summed E-state index contributed by atoms with van der Waals surface area (Å²) in [6.07, 6.45) is 6.23. The molecule has 4 fully saturated rings. The van der Waals surface area contributed by atoms with Gasteiger partial charge in [0.15, 0.2) is 0 Å². The molecule has 11 atom stereocenters. The molecule has 5 aliphatic carbocycles. The van der Waals surface area contributed by atoms with Crippen molar-refractivity contribution in [2.24, 2.45) is 50.2 Å². The molecule has 0 aromatic rings. The molecule has 5 rings (SSSR count). The third kappa shape index (κ3) is 3.22. The topological polar surface area (TPSA) is 107 Å². The van der Waals surface area contributed by atoms with Crippen molar-refractivity contribution in [2.75, 3.05) is 13.7 Å². The molecule has 0 aromatic heterocycles. The molecule has 0 radical (unpaired) electrons. The summed E-state index contributed by atoms with van der Waals surface area (Å²) in [4.78, 5) is 13.4. The van der Waals surface area contributed by atoms with Crippen molar-refractivity contribution >= 4 is 5.97 Å². The van der Waals surface area contributed by atoms with E-state index in [1.54, 1.807) is 0 Å². The van der Waals surface area contributed by atoms with Crippen LogP contribution in [0.5, 0.6) is 0 Å². The molecule has 6 heteroatoms. The minimum Gasteiger partial charge on any atom is -0.469 e. The van der Waals surface area contributed by atoms with Gasteiger partial charge in [0.1, 0.15) is 0 Å². The highest BCUT2D eigenvalue weighted by Crippen LogP contribution is 2.75. The molecule has 37 heavy (non-hydrogen) atoms. The molecule has 4 N–H and O–H groups in total. The fourth-order valence-electron chi connectivity index (χ4n) is 10.9. The van der Waals surface area contributed by atoms with Crippen LogP contribution in [0.15, 0.2) is 11.6 Å². The summed E-state index contributed by atoms with van der Waals surface area (Å²) in [6.45, 7) is 13.1. The number of hydrogen-bond acceptors (Lipinski definition) is 6. The fourth-order valence-corrected chi connectivity index (χ4v) is 10.9. The highest BCUT2D eigenvalue weighted by Gasteiger charge is 2.71. The lowest BCUT2D eigenvalue weighted by molar-refractivity contribution is -0.245. The number of methoxy groups -OCH3 is 1. The summed E-state index contributed by atoms with van der Waals surface area (Å²) < 4.78 is 5.40. The van der Waals surface area contributed by atoms with Crippen molar-refractivity contribution < 1.29 is 30.0 Å². The Morgan fingerprint density at radius 3 is 2.22 bits per heavy atom. The molecule has 0 spiro atoms. The van der Waals surface area contributed by atoms with Gasteiger partial charge in [-0.15, -0.1) is 0 Å². The van der Waals surface area contributed by atoms with Crippen LogP contribution < -0.4 is 0 Å². The summed E-state index contributed by atoms with van der Waals surface area (Å²) in [5, 5.41) is 44.3. The quantitative estimate of drug-likeness (QED) is 0.322. The number of hydrogen-bond donors (Lipinski definition) is 4. The van der Waals surface area contributed by atoms with E-state index in [2.05, 4.69) is 40.7 Å². The molecule has 0 unspecified atom stereocenters. The van der Waals surface area contributed by atoms with Gasteiger partial charge in [-0.2, -0.15) is 0 Å². The molecule has 0 bridgehead atoms. The number of carbonyl (C=O) groups is 1. The predicted octanol–water partition coefficient (Wildman–Crippen LogP) is 4.24. The Labute approximate surface area is 222 Å². The predicted molar refractivity (Wildman–Crippen MR) is 141 cm³/mol. The Bertz CT molecular complexity index is 990. The first-order valence-corrected chi connectivity index (χ1v) is 14.5. The first-order chi connectivity index (χ1) is 17.1. The van der Waals surface area contributed by atoms with Crippen molar-refractivity contribution in [1.82, 2.24) is 0 Å². The van der Waals surface area contributed by atoms with Gasteiger partial charge in [0.25, 0.3) is 0 Å². The maximum Gasteiger partial charge on any atom is 0.312 e. The SMILES string of the molecule is COC(=O)[C@]12CCC(C)(C)[C@@H](O)[C@H]1C1=CC[C@@H]3[C@@]4(C)C[C@@H](O)[C@H](O)[C@@](C)(CO)[C@@H]4CC[C@@]3(C)[C@]1(C)CC2. The molecular weight excluding hydrogens is 468 g/mol. The van der Waals surface area contributed by atoms with Gasteiger partial charge >= 0.3 is 5.97 Å². The van der Waals surface area contributed by atoms with Crippen LogP contribution in [0.3, 0.4) is 0 Å². The van der Waals surface area contributed by atoms with Crippen molar-refractivity contribution in [3.05, 3.63) is 11.6 Å². The summed E-state index contributed by atoms with van der Waals surface area (Å²) >= 11 is 0. The van der Waals surface area contributed by atoms with Crippen LogP contribution in [0.1, 0.15) is 92.9 Å². The molecule has 0 aliphatic heterocycles. The van der Waals surface area contributed by atoms with Crippen LogP contribution in [-0.2, 0) is 9.53 Å². The third-order valence-electron chi connectivity index (χ3n) is 13.5. The number of rotatable bonds is 2. The normalized spacial score (nSPS) is 54.6. The Hall–Kier alpha value is -0.950. The zero-order chi connectivity index (χ0) is 27.4. The highest BCUT2D eigenvalue weighted by atomic mass is 16.5. The Kier molecular flexibility index (Phi) is 6.18. The molecule has 6 nitrogen and oxygen atoms in total. The smallest absolute Gasteiger partial charge is 0.312 e. The lowest BCUT2D eigenvalue weighted by Gasteiger charge is -2.71. The van der Waals surface area contributed by atoms with Gasteiger partial charge in [-0.05, 0) is 84.9 Å². The maximum atomic E-state index is 13.4. The molecular formula is C31H50O6. The number of ether oxygens (including phenoxy) is 1. The fraction of sp³-hybridized carbons (Fsp3) is 0.903. The van der Waals surface area contributed by atoms with Crippen molar-refractivity contribution in [1.29, 1.82) is 0 Å². The van der Waals surface area contributed by atoms with E-state index in [4.69, 9.17) is 4.74 Å². The van der Waals surface area contributed by atoms with E-state index in [1.165, 1.54) is 12.7 Å². The average molecular weight is 519 g/mol. The minimum absolute atomic E-state index is 0.0930. The Morgan fingerprint density at radius 1 is 0.946 bits per heavy atom. The summed E-state index contributed by atoms with van der Waals surface area (Å²) in [6, 6.07) is 0. The van der Waals surface area contributed by atoms with E-state index in [1.807, 2.05) is 6.92 Å². The van der Waals surface area contributed by atoms with Crippen LogP contribution >= 0.6 is 0 Å². The molecule has 0 amide bonds. The van der Waals surface area contributed by atoms with E-state index in [-0.39, 0.29) is 52.0 Å². The molecule has 0 aromatic carbocycles. The van der Waals surface area contributed by atoms with Gasteiger partial charge in [0.2, 0.25) is 0 Å². The molecule has 0 saturated heterocycles. The largest absolute Gasteiger partial charge is 0.469 e. The molecule has 5 aliphatic rings. The number of aliphatic hydroxyl groups excluding tert-OH is 4. The number of esters is 1. The first-order valence-electron chi connectivity index (χ1n) is 14.5. The number of allylic oxidation sites excluding steroid dienone is 1. The lowest BCUT2D eigenvalue weighted by Crippen LogP contribution is -2.69. The van der Waals surface area contributed by atoms with Crippen LogP contribution in [0, 0.1) is 50.2 Å². The summed E-state index contributed by atoms with van der Waals surface area (Å²) in [7, 11) is 1.48. The van der Waals surface area contributed by atoms with Crippen LogP contribution in [0.4, 0.5) is 0 Å². The Balaban J connectivity index is 1.63. The van der Waals surface area contributed by atoms with Crippen molar-refractivity contribution in [3.8, 4) is 0 Å². The number of aliphatic hydroxyl groups is 4. The van der Waals surface area contributed by atoms with E-state index >= 15 is 0 Å². The zero-order valence-electron chi connectivity index (χ0n) is 24.0. The van der Waals surface area contributed by atoms with Gasteiger partial charge < -0.3 is 25.2 Å².